The van der Waals surface area contributed by atoms with E-state index in [1.54, 1.807) is 18.1 Å². The number of aromatic nitrogens is 2. The van der Waals surface area contributed by atoms with Gasteiger partial charge in [-0.3, -0.25) is 4.79 Å². The summed E-state index contributed by atoms with van der Waals surface area (Å²) in [4.78, 5) is 37.5. The Bertz CT molecular complexity index is 1110. The summed E-state index contributed by atoms with van der Waals surface area (Å²) < 4.78 is 0. The van der Waals surface area contributed by atoms with Crippen LogP contribution in [0.4, 0.5) is 27.8 Å². The van der Waals surface area contributed by atoms with Crippen molar-refractivity contribution in [3.63, 3.8) is 0 Å². The topological polar surface area (TPSA) is 132 Å². The van der Waals surface area contributed by atoms with Gasteiger partial charge in [0, 0.05) is 76.2 Å². The zero-order chi connectivity index (χ0) is 27.8. The molecule has 0 saturated carbocycles. The number of likely N-dealkylation sites (N-methyl/N-ethyl adjacent to an activating group) is 1. The lowest BCUT2D eigenvalue weighted by molar-refractivity contribution is 0.0996. The highest BCUT2D eigenvalue weighted by atomic mass is 16.2. The molecule has 212 valence electrons. The van der Waals surface area contributed by atoms with E-state index in [4.69, 9.17) is 5.73 Å². The molecule has 5 heterocycles. The maximum atomic E-state index is 11.8. The minimum Gasteiger partial charge on any atom is -0.370 e. The smallest absolute Gasteiger partial charge is 0.317 e. The summed E-state index contributed by atoms with van der Waals surface area (Å²) in [5.41, 5.74) is 8.27. The number of amides is 3. The van der Waals surface area contributed by atoms with Crippen LogP contribution in [0.15, 0.2) is 30.5 Å². The number of carbonyl (C=O) groups excluding carboxylic acids is 2. The number of nitrogens with one attached hydrogen (secondary N) is 3. The number of urea groups is 1. The SMILES string of the molecule is CCC.CN1CCNC1=O.NC(=O)c1ncc(N2CCCCC2)nc1Nc1ccc(N2CC3(CNC3)C2)cc1. The van der Waals surface area contributed by atoms with Gasteiger partial charge >= 0.3 is 6.03 Å². The van der Waals surface area contributed by atoms with E-state index in [1.165, 1.54) is 18.5 Å². The van der Waals surface area contributed by atoms with Crippen LogP contribution in [0, 0.1) is 5.41 Å². The standard InChI is InChI=1S/C21H27N7O.C4H8N2O.C3H8/c22-19(29)18-20(26-17(10-24-18)27-8-2-1-3-9-27)25-15-4-6-16(7-5-15)28-13-21(14-28)11-23-12-21;1-6-3-2-5-4(6)7;1-3-2/h4-7,10,23H,1-3,8-9,11-14H2,(H2,22,29)(H,25,26);2-3H2,1H3,(H,5,7);3H2,1-2H3. The summed E-state index contributed by atoms with van der Waals surface area (Å²) in [6.45, 7) is 12.3. The second-order valence-corrected chi connectivity index (χ2v) is 10.8. The molecule has 39 heavy (non-hydrogen) atoms. The zero-order valence-corrected chi connectivity index (χ0v) is 23.5. The molecule has 0 radical (unpaired) electrons. The Morgan fingerprint density at radius 2 is 1.72 bits per heavy atom. The number of rotatable bonds is 5. The molecule has 11 nitrogen and oxygen atoms in total. The summed E-state index contributed by atoms with van der Waals surface area (Å²) in [6, 6.07) is 8.28. The quantitative estimate of drug-likeness (QED) is 0.458. The maximum Gasteiger partial charge on any atom is 0.317 e. The molecule has 6 rings (SSSR count). The van der Waals surface area contributed by atoms with Gasteiger partial charge in [0.25, 0.3) is 5.91 Å². The number of primary amides is 1. The number of hydrogen-bond donors (Lipinski definition) is 4. The average Bonchev–Trinajstić information content (AvgIpc) is 3.26. The number of hydrogen-bond acceptors (Lipinski definition) is 8. The molecular formula is C28H43N9O2. The number of anilines is 4. The molecule has 4 aliphatic heterocycles. The van der Waals surface area contributed by atoms with E-state index in [1.807, 2.05) is 12.1 Å². The van der Waals surface area contributed by atoms with Crippen LogP contribution in [0.2, 0.25) is 0 Å². The molecule has 4 aliphatic rings. The normalized spacial score (nSPS) is 19.1. The van der Waals surface area contributed by atoms with Crippen molar-refractivity contribution in [2.75, 3.05) is 74.5 Å². The van der Waals surface area contributed by atoms with Gasteiger partial charge < -0.3 is 36.4 Å². The summed E-state index contributed by atoms with van der Waals surface area (Å²) in [5, 5.41) is 9.26. The Kier molecular flexibility index (Phi) is 9.45. The van der Waals surface area contributed by atoms with Gasteiger partial charge in [-0.05, 0) is 43.5 Å². The van der Waals surface area contributed by atoms with Gasteiger partial charge in [-0.2, -0.15) is 0 Å². The molecule has 0 atom stereocenters. The Hall–Kier alpha value is -3.60. The van der Waals surface area contributed by atoms with E-state index in [0.29, 0.717) is 11.2 Å². The van der Waals surface area contributed by atoms with E-state index < -0.39 is 5.91 Å². The first-order valence-corrected chi connectivity index (χ1v) is 14.1. The van der Waals surface area contributed by atoms with Gasteiger partial charge in [0.2, 0.25) is 0 Å². The van der Waals surface area contributed by atoms with Crippen molar-refractivity contribution in [1.82, 2.24) is 25.5 Å². The third-order valence-corrected chi connectivity index (χ3v) is 7.29. The van der Waals surface area contributed by atoms with Crippen LogP contribution in [0.5, 0.6) is 0 Å². The molecular weight excluding hydrogens is 494 g/mol. The molecule has 5 N–H and O–H groups in total. The summed E-state index contributed by atoms with van der Waals surface area (Å²) >= 11 is 0. The van der Waals surface area contributed by atoms with Crippen molar-refractivity contribution < 1.29 is 9.59 Å². The fourth-order valence-electron chi connectivity index (χ4n) is 5.03. The monoisotopic (exact) mass is 537 g/mol. The first kappa shape index (κ1) is 28.4. The molecule has 0 aliphatic carbocycles. The van der Waals surface area contributed by atoms with Gasteiger partial charge in [0.15, 0.2) is 11.5 Å². The Balaban J connectivity index is 0.000000300. The minimum atomic E-state index is -0.582. The highest BCUT2D eigenvalue weighted by molar-refractivity contribution is 5.96. The fraction of sp³-hybridized carbons (Fsp3) is 0.571. The number of nitrogens with zero attached hydrogens (tertiary/aromatic N) is 5. The van der Waals surface area contributed by atoms with Crippen molar-refractivity contribution in [2.45, 2.75) is 39.5 Å². The minimum absolute atomic E-state index is 0.0417. The van der Waals surface area contributed by atoms with Crippen LogP contribution in [-0.2, 0) is 0 Å². The maximum absolute atomic E-state index is 11.8. The highest BCUT2D eigenvalue weighted by Crippen LogP contribution is 2.37. The Labute approximate surface area is 231 Å². The molecule has 1 aromatic heterocycles. The van der Waals surface area contributed by atoms with Gasteiger partial charge in [-0.1, -0.05) is 20.3 Å². The summed E-state index contributed by atoms with van der Waals surface area (Å²) in [7, 11) is 1.78. The van der Waals surface area contributed by atoms with Gasteiger partial charge in [-0.25, -0.2) is 14.8 Å². The summed E-state index contributed by atoms with van der Waals surface area (Å²) in [6.07, 6.45) is 6.44. The van der Waals surface area contributed by atoms with Crippen LogP contribution in [-0.4, -0.2) is 86.2 Å². The Morgan fingerprint density at radius 3 is 2.21 bits per heavy atom. The van der Waals surface area contributed by atoms with E-state index in [-0.39, 0.29) is 11.7 Å². The average molecular weight is 538 g/mol. The van der Waals surface area contributed by atoms with Crippen LogP contribution in [0.1, 0.15) is 50.0 Å². The molecule has 0 bridgehead atoms. The molecule has 4 saturated heterocycles. The van der Waals surface area contributed by atoms with Crippen LogP contribution >= 0.6 is 0 Å². The molecule has 1 spiro atoms. The lowest BCUT2D eigenvalue weighted by Gasteiger charge is -2.57. The van der Waals surface area contributed by atoms with Crippen molar-refractivity contribution >= 4 is 34.9 Å². The molecule has 11 heteroatoms. The van der Waals surface area contributed by atoms with Crippen molar-refractivity contribution in [3.8, 4) is 0 Å². The largest absolute Gasteiger partial charge is 0.370 e. The number of nitrogens with two attached hydrogens (primary N) is 1. The summed E-state index contributed by atoms with van der Waals surface area (Å²) in [5.74, 6) is 0.618. The van der Waals surface area contributed by atoms with Crippen LogP contribution in [0.25, 0.3) is 0 Å². The fourth-order valence-corrected chi connectivity index (χ4v) is 5.03. The van der Waals surface area contributed by atoms with Gasteiger partial charge in [0.1, 0.15) is 5.82 Å². The third kappa shape index (κ3) is 7.08. The Morgan fingerprint density at radius 1 is 1.05 bits per heavy atom. The second-order valence-electron chi connectivity index (χ2n) is 10.8. The first-order valence-electron chi connectivity index (χ1n) is 14.1. The van der Waals surface area contributed by atoms with E-state index in [2.05, 4.69) is 61.7 Å². The lowest BCUT2D eigenvalue weighted by Crippen LogP contribution is -2.71. The van der Waals surface area contributed by atoms with E-state index in [9.17, 15) is 9.59 Å². The number of piperidine rings is 1. The molecule has 4 fully saturated rings. The van der Waals surface area contributed by atoms with E-state index in [0.717, 1.165) is 76.7 Å². The van der Waals surface area contributed by atoms with Gasteiger partial charge in [-0.15, -0.1) is 0 Å². The van der Waals surface area contributed by atoms with Crippen molar-refractivity contribution in [2.24, 2.45) is 11.1 Å². The molecule has 1 aromatic carbocycles. The number of carbonyl (C=O) groups is 2. The lowest BCUT2D eigenvalue weighted by atomic mass is 9.74. The van der Waals surface area contributed by atoms with Gasteiger partial charge in [0.05, 0.1) is 6.20 Å². The first-order chi connectivity index (χ1) is 18.8. The molecule has 0 unspecified atom stereocenters. The zero-order valence-electron chi connectivity index (χ0n) is 23.5. The van der Waals surface area contributed by atoms with Crippen LogP contribution in [0.3, 0.4) is 0 Å². The predicted octanol–water partition coefficient (Wildman–Crippen LogP) is 2.78. The third-order valence-electron chi connectivity index (χ3n) is 7.29. The number of benzene rings is 1. The predicted molar refractivity (Wildman–Crippen MR) is 156 cm³/mol. The van der Waals surface area contributed by atoms with E-state index >= 15 is 0 Å². The molecule has 2 aromatic rings. The second kappa shape index (κ2) is 13.0. The highest BCUT2D eigenvalue weighted by Gasteiger charge is 2.47. The molecule has 3 amide bonds. The van der Waals surface area contributed by atoms with Crippen molar-refractivity contribution in [1.29, 1.82) is 0 Å². The van der Waals surface area contributed by atoms with Crippen molar-refractivity contribution in [3.05, 3.63) is 36.2 Å². The van der Waals surface area contributed by atoms with Crippen LogP contribution < -0.4 is 31.5 Å².